The first kappa shape index (κ1) is 13.1. The van der Waals surface area contributed by atoms with Crippen LogP contribution >= 0.6 is 23.8 Å². The summed E-state index contributed by atoms with van der Waals surface area (Å²) >= 11 is 11.4. The standard InChI is InChI=1S/C14H18ClN3S/c1-9-4-2-3-5-10(9)8-18-13-12(17-14(18)19)6-11(15)7-16-13/h6-7,9-10H,2-5,8H2,1H3,(H,17,19). The molecule has 1 fully saturated rings. The first-order chi connectivity index (χ1) is 9.15. The Morgan fingerprint density at radius 3 is 3.05 bits per heavy atom. The molecule has 102 valence electrons. The van der Waals surface area contributed by atoms with Gasteiger partial charge in [0.2, 0.25) is 0 Å². The lowest BCUT2D eigenvalue weighted by Gasteiger charge is -2.28. The Morgan fingerprint density at radius 2 is 2.26 bits per heavy atom. The fourth-order valence-electron chi connectivity index (χ4n) is 3.09. The van der Waals surface area contributed by atoms with Crippen molar-refractivity contribution >= 4 is 35.0 Å². The SMILES string of the molecule is CC1CCCCC1Cn1c(=S)[nH]c2cc(Cl)cnc21. The molecule has 0 aromatic carbocycles. The Kier molecular flexibility index (Phi) is 3.63. The number of rotatable bonds is 2. The summed E-state index contributed by atoms with van der Waals surface area (Å²) in [5.41, 5.74) is 1.85. The minimum atomic E-state index is 0.641. The zero-order valence-corrected chi connectivity index (χ0v) is 12.6. The van der Waals surface area contributed by atoms with Crippen LogP contribution in [-0.2, 0) is 6.54 Å². The lowest BCUT2D eigenvalue weighted by atomic mass is 9.80. The van der Waals surface area contributed by atoms with E-state index in [4.69, 9.17) is 23.8 Å². The van der Waals surface area contributed by atoms with E-state index in [1.807, 2.05) is 6.07 Å². The van der Waals surface area contributed by atoms with Gasteiger partial charge in [-0.25, -0.2) is 4.98 Å². The summed E-state index contributed by atoms with van der Waals surface area (Å²) in [6.07, 6.45) is 7.02. The maximum Gasteiger partial charge on any atom is 0.179 e. The lowest BCUT2D eigenvalue weighted by molar-refractivity contribution is 0.229. The second-order valence-electron chi connectivity index (χ2n) is 5.59. The van der Waals surface area contributed by atoms with Crippen LogP contribution in [0.4, 0.5) is 0 Å². The minimum Gasteiger partial charge on any atom is -0.329 e. The summed E-state index contributed by atoms with van der Waals surface area (Å²) in [5, 5.41) is 0.641. The quantitative estimate of drug-likeness (QED) is 0.823. The number of hydrogen-bond acceptors (Lipinski definition) is 2. The Morgan fingerprint density at radius 1 is 1.47 bits per heavy atom. The number of fused-ring (bicyclic) bond motifs is 1. The molecule has 2 heterocycles. The highest BCUT2D eigenvalue weighted by molar-refractivity contribution is 7.71. The zero-order valence-electron chi connectivity index (χ0n) is 11.0. The molecule has 0 saturated heterocycles. The highest BCUT2D eigenvalue weighted by Crippen LogP contribution is 2.31. The number of aromatic amines is 1. The van der Waals surface area contributed by atoms with E-state index in [1.54, 1.807) is 6.20 Å². The van der Waals surface area contributed by atoms with E-state index in [-0.39, 0.29) is 0 Å². The van der Waals surface area contributed by atoms with Crippen LogP contribution in [0.15, 0.2) is 12.3 Å². The Bertz CT molecular complexity index is 646. The lowest BCUT2D eigenvalue weighted by Crippen LogP contribution is -2.22. The van der Waals surface area contributed by atoms with Crippen LogP contribution in [-0.4, -0.2) is 14.5 Å². The van der Waals surface area contributed by atoms with E-state index in [0.717, 1.165) is 28.4 Å². The van der Waals surface area contributed by atoms with Gasteiger partial charge in [-0.05, 0) is 36.5 Å². The minimum absolute atomic E-state index is 0.641. The summed E-state index contributed by atoms with van der Waals surface area (Å²) in [4.78, 5) is 7.63. The fraction of sp³-hybridized carbons (Fsp3) is 0.571. The number of imidazole rings is 1. The number of halogens is 1. The van der Waals surface area contributed by atoms with Gasteiger partial charge in [-0.3, -0.25) is 0 Å². The van der Waals surface area contributed by atoms with Crippen molar-refractivity contribution in [1.82, 2.24) is 14.5 Å². The molecule has 0 amide bonds. The van der Waals surface area contributed by atoms with Crippen LogP contribution in [0.25, 0.3) is 11.2 Å². The predicted octanol–water partition coefficient (Wildman–Crippen LogP) is 4.57. The molecule has 0 spiro atoms. The van der Waals surface area contributed by atoms with E-state index in [1.165, 1.54) is 25.7 Å². The molecule has 1 aliphatic carbocycles. The summed E-state index contributed by atoms with van der Waals surface area (Å²) in [7, 11) is 0. The molecule has 1 N–H and O–H groups in total. The number of H-pyrrole nitrogens is 1. The van der Waals surface area contributed by atoms with E-state index in [2.05, 4.69) is 21.5 Å². The first-order valence-corrected chi connectivity index (χ1v) is 7.68. The Labute approximate surface area is 123 Å². The largest absolute Gasteiger partial charge is 0.329 e. The molecule has 2 unspecified atom stereocenters. The van der Waals surface area contributed by atoms with E-state index < -0.39 is 0 Å². The molecule has 3 rings (SSSR count). The van der Waals surface area contributed by atoms with Crippen molar-refractivity contribution in [3.05, 3.63) is 22.1 Å². The predicted molar refractivity (Wildman–Crippen MR) is 81.0 cm³/mol. The fourth-order valence-corrected chi connectivity index (χ4v) is 3.52. The average molecular weight is 296 g/mol. The normalized spacial score (nSPS) is 23.9. The zero-order chi connectivity index (χ0) is 13.4. The van der Waals surface area contributed by atoms with Gasteiger partial charge in [0.15, 0.2) is 10.4 Å². The van der Waals surface area contributed by atoms with Crippen molar-refractivity contribution in [2.24, 2.45) is 11.8 Å². The summed E-state index contributed by atoms with van der Waals surface area (Å²) in [6, 6.07) is 1.89. The van der Waals surface area contributed by atoms with Crippen LogP contribution in [0.2, 0.25) is 5.02 Å². The number of pyridine rings is 1. The van der Waals surface area contributed by atoms with E-state index in [9.17, 15) is 0 Å². The molecule has 2 aromatic rings. The van der Waals surface area contributed by atoms with Crippen molar-refractivity contribution in [3.8, 4) is 0 Å². The molecular formula is C14H18ClN3S. The number of nitrogens with zero attached hydrogens (tertiary/aromatic N) is 2. The van der Waals surface area contributed by atoms with Crippen LogP contribution in [0.3, 0.4) is 0 Å². The molecule has 5 heteroatoms. The van der Waals surface area contributed by atoms with Gasteiger partial charge in [0.05, 0.1) is 10.5 Å². The first-order valence-electron chi connectivity index (χ1n) is 6.89. The summed E-state index contributed by atoms with van der Waals surface area (Å²) in [5.74, 6) is 1.48. The topological polar surface area (TPSA) is 33.6 Å². The molecule has 1 saturated carbocycles. The molecule has 3 nitrogen and oxygen atoms in total. The molecule has 2 atom stereocenters. The molecule has 0 bridgehead atoms. The van der Waals surface area contributed by atoms with E-state index in [0.29, 0.717) is 10.9 Å². The van der Waals surface area contributed by atoms with Gasteiger partial charge in [-0.15, -0.1) is 0 Å². The molecule has 1 aliphatic rings. The molecule has 19 heavy (non-hydrogen) atoms. The van der Waals surface area contributed by atoms with Gasteiger partial charge >= 0.3 is 0 Å². The smallest absolute Gasteiger partial charge is 0.179 e. The van der Waals surface area contributed by atoms with Gasteiger partial charge < -0.3 is 9.55 Å². The monoisotopic (exact) mass is 295 g/mol. The van der Waals surface area contributed by atoms with Crippen molar-refractivity contribution in [2.75, 3.05) is 0 Å². The van der Waals surface area contributed by atoms with Gasteiger partial charge in [0.25, 0.3) is 0 Å². The molecule has 0 aliphatic heterocycles. The summed E-state index contributed by atoms with van der Waals surface area (Å²) < 4.78 is 2.88. The van der Waals surface area contributed by atoms with Gasteiger partial charge in [0, 0.05) is 12.7 Å². The maximum absolute atomic E-state index is 5.97. The average Bonchev–Trinajstić information content (AvgIpc) is 2.68. The van der Waals surface area contributed by atoms with Gasteiger partial charge in [-0.1, -0.05) is 37.8 Å². The van der Waals surface area contributed by atoms with Crippen LogP contribution in [0, 0.1) is 16.6 Å². The Balaban J connectivity index is 1.96. The van der Waals surface area contributed by atoms with Crippen molar-refractivity contribution in [3.63, 3.8) is 0 Å². The van der Waals surface area contributed by atoms with Crippen LogP contribution in [0.5, 0.6) is 0 Å². The third kappa shape index (κ3) is 2.56. The second kappa shape index (κ2) is 5.25. The summed E-state index contributed by atoms with van der Waals surface area (Å²) in [6.45, 7) is 3.32. The number of nitrogens with one attached hydrogen (secondary N) is 1. The number of aromatic nitrogens is 3. The van der Waals surface area contributed by atoms with Crippen LogP contribution in [0.1, 0.15) is 32.6 Å². The van der Waals surface area contributed by atoms with E-state index >= 15 is 0 Å². The van der Waals surface area contributed by atoms with Gasteiger partial charge in [0.1, 0.15) is 0 Å². The van der Waals surface area contributed by atoms with Crippen molar-refractivity contribution < 1.29 is 0 Å². The van der Waals surface area contributed by atoms with Crippen molar-refractivity contribution in [2.45, 2.75) is 39.2 Å². The maximum atomic E-state index is 5.97. The van der Waals surface area contributed by atoms with Gasteiger partial charge in [-0.2, -0.15) is 0 Å². The molecule has 0 radical (unpaired) electrons. The van der Waals surface area contributed by atoms with Crippen LogP contribution < -0.4 is 0 Å². The third-order valence-corrected chi connectivity index (χ3v) is 4.81. The Hall–Kier alpha value is -0.870. The second-order valence-corrected chi connectivity index (χ2v) is 6.41. The highest BCUT2D eigenvalue weighted by atomic mass is 35.5. The third-order valence-electron chi connectivity index (χ3n) is 4.28. The molecule has 2 aromatic heterocycles. The molecular weight excluding hydrogens is 278 g/mol. The number of hydrogen-bond donors (Lipinski definition) is 1. The van der Waals surface area contributed by atoms with Crippen molar-refractivity contribution in [1.29, 1.82) is 0 Å². The highest BCUT2D eigenvalue weighted by Gasteiger charge is 2.22.